The maximum atomic E-state index is 12.3. The Kier molecular flexibility index (Phi) is 47.9. The zero-order valence-corrected chi connectivity index (χ0v) is 39.0. The minimum atomic E-state index is -0.783. The Hall–Kier alpha value is -2.40. The van der Waals surface area contributed by atoms with Crippen LogP contribution >= 0.6 is 0 Å². The van der Waals surface area contributed by atoms with Gasteiger partial charge in [-0.2, -0.15) is 0 Å². The molecule has 0 aromatic rings. The molecule has 0 saturated carbocycles. The van der Waals surface area contributed by atoms with Gasteiger partial charge in [0.05, 0.1) is 6.61 Å². The Morgan fingerprint density at radius 2 is 0.729 bits per heavy atom. The van der Waals surface area contributed by atoms with Crippen LogP contribution < -0.4 is 0 Å². The van der Waals surface area contributed by atoms with Crippen LogP contribution in [0.5, 0.6) is 0 Å². The Labute approximate surface area is 366 Å². The van der Waals surface area contributed by atoms with E-state index in [4.69, 9.17) is 9.47 Å². The van der Waals surface area contributed by atoms with Gasteiger partial charge in [0.25, 0.3) is 0 Å². The summed E-state index contributed by atoms with van der Waals surface area (Å²) in [5.41, 5.74) is 0. The van der Waals surface area contributed by atoms with Gasteiger partial charge in [-0.3, -0.25) is 9.59 Å². The van der Waals surface area contributed by atoms with Crippen molar-refractivity contribution >= 4 is 11.9 Å². The number of hydrogen-bond acceptors (Lipinski definition) is 5. The molecule has 0 spiro atoms. The van der Waals surface area contributed by atoms with Crippen LogP contribution in [0.25, 0.3) is 0 Å². The molecule has 0 radical (unpaired) electrons. The molecule has 0 saturated heterocycles. The first-order valence-electron chi connectivity index (χ1n) is 25.3. The number of unbranched alkanes of at least 4 members (excludes halogenated alkanes) is 28. The van der Waals surface area contributed by atoms with Gasteiger partial charge in [0, 0.05) is 12.8 Å². The van der Waals surface area contributed by atoms with Gasteiger partial charge >= 0.3 is 11.9 Å². The second kappa shape index (κ2) is 50.0. The van der Waals surface area contributed by atoms with Crippen LogP contribution in [0.4, 0.5) is 0 Å². The normalized spacial score (nSPS) is 12.7. The summed E-state index contributed by atoms with van der Waals surface area (Å²) in [6.45, 7) is 4.04. The quantitative estimate of drug-likeness (QED) is 0.0376. The summed E-state index contributed by atoms with van der Waals surface area (Å²) in [4.78, 5) is 24.4. The monoisotopic (exact) mass is 825 g/mol. The predicted octanol–water partition coefficient (Wildman–Crippen LogP) is 16.7. The fraction of sp³-hybridized carbons (Fsp3) is 0.778. The van der Waals surface area contributed by atoms with E-state index in [1.54, 1.807) is 0 Å². The predicted molar refractivity (Wildman–Crippen MR) is 256 cm³/mol. The second-order valence-corrected chi connectivity index (χ2v) is 16.9. The Bertz CT molecular complexity index is 1020. The van der Waals surface area contributed by atoms with Gasteiger partial charge in [-0.25, -0.2) is 0 Å². The molecule has 0 aromatic heterocycles. The van der Waals surface area contributed by atoms with E-state index in [2.05, 4.69) is 74.6 Å². The topological polar surface area (TPSA) is 72.8 Å². The molecule has 1 atom stereocenters. The molecule has 1 N–H and O–H groups in total. The molecule has 59 heavy (non-hydrogen) atoms. The molecule has 0 amide bonds. The number of esters is 2. The van der Waals surface area contributed by atoms with Crippen molar-refractivity contribution in [3.8, 4) is 0 Å². The van der Waals surface area contributed by atoms with Gasteiger partial charge in [-0.05, 0) is 57.8 Å². The lowest BCUT2D eigenvalue weighted by Gasteiger charge is -2.15. The standard InChI is InChI=1S/C54H96O5/c1-3-5-7-9-11-13-15-17-19-21-23-25-26-27-29-30-32-34-36-38-40-42-44-46-48-53(56)58-51-52(50-55)59-54(57)49-47-45-43-41-39-37-35-33-31-28-24-22-20-18-16-14-12-10-8-6-4-2/h6,8,12,14,18,20,24,28,33,35,52,55H,3-5,7,9-11,13,15-17,19,21-23,25-27,29-32,34,36-51H2,1-2H3/b8-6-,14-12-,20-18-,28-24-,35-33-. The zero-order valence-electron chi connectivity index (χ0n) is 39.0. The summed E-state index contributed by atoms with van der Waals surface area (Å²) >= 11 is 0. The van der Waals surface area contributed by atoms with E-state index in [9.17, 15) is 14.7 Å². The molecule has 0 bridgehead atoms. The number of carbonyl (C=O) groups is 2. The van der Waals surface area contributed by atoms with Crippen molar-refractivity contribution in [1.82, 2.24) is 0 Å². The van der Waals surface area contributed by atoms with Gasteiger partial charge in [0.15, 0.2) is 6.10 Å². The molecule has 0 rings (SSSR count). The smallest absolute Gasteiger partial charge is 0.306 e. The van der Waals surface area contributed by atoms with E-state index < -0.39 is 6.10 Å². The van der Waals surface area contributed by atoms with Crippen molar-refractivity contribution in [2.24, 2.45) is 0 Å². The molecule has 5 nitrogen and oxygen atoms in total. The van der Waals surface area contributed by atoms with Crippen molar-refractivity contribution in [2.45, 2.75) is 258 Å². The first-order chi connectivity index (χ1) is 29.1. The Balaban J connectivity index is 3.52. The summed E-state index contributed by atoms with van der Waals surface area (Å²) in [7, 11) is 0. The maximum Gasteiger partial charge on any atom is 0.306 e. The van der Waals surface area contributed by atoms with Crippen LogP contribution in [0.3, 0.4) is 0 Å². The molecular weight excluding hydrogens is 729 g/mol. The SMILES string of the molecule is CC/C=C\C/C=C\C/C=C\C/C=C\C/C=C\CCCCCCCC(=O)OC(CO)COC(=O)CCCCCCCCCCCCCCCCCCCCCCCCCC. The summed E-state index contributed by atoms with van der Waals surface area (Å²) in [5.74, 6) is -0.605. The summed E-state index contributed by atoms with van der Waals surface area (Å²) in [6, 6.07) is 0. The highest BCUT2D eigenvalue weighted by Gasteiger charge is 2.16. The van der Waals surface area contributed by atoms with Crippen LogP contribution in [0.1, 0.15) is 251 Å². The summed E-state index contributed by atoms with van der Waals surface area (Å²) < 4.78 is 10.7. The van der Waals surface area contributed by atoms with Crippen molar-refractivity contribution in [3.63, 3.8) is 0 Å². The fourth-order valence-electron chi connectivity index (χ4n) is 7.29. The number of allylic oxidation sites excluding steroid dienone is 10. The second-order valence-electron chi connectivity index (χ2n) is 16.9. The molecule has 1 unspecified atom stereocenters. The highest BCUT2D eigenvalue weighted by atomic mass is 16.6. The van der Waals surface area contributed by atoms with Crippen LogP contribution in [-0.4, -0.2) is 36.4 Å². The molecule has 342 valence electrons. The fourth-order valence-corrected chi connectivity index (χ4v) is 7.29. The zero-order chi connectivity index (χ0) is 42.8. The van der Waals surface area contributed by atoms with E-state index in [-0.39, 0.29) is 25.2 Å². The van der Waals surface area contributed by atoms with Gasteiger partial charge in [-0.15, -0.1) is 0 Å². The third kappa shape index (κ3) is 48.1. The summed E-state index contributed by atoms with van der Waals surface area (Å²) in [6.07, 6.45) is 66.0. The Morgan fingerprint density at radius 3 is 1.10 bits per heavy atom. The first kappa shape index (κ1) is 56.6. The van der Waals surface area contributed by atoms with Crippen molar-refractivity contribution in [1.29, 1.82) is 0 Å². The first-order valence-corrected chi connectivity index (χ1v) is 25.3. The molecule has 0 heterocycles. The van der Waals surface area contributed by atoms with Crippen LogP contribution in [0, 0.1) is 0 Å². The number of hydrogen-bond donors (Lipinski definition) is 1. The third-order valence-corrected chi connectivity index (χ3v) is 11.1. The van der Waals surface area contributed by atoms with Crippen LogP contribution in [0.2, 0.25) is 0 Å². The maximum absolute atomic E-state index is 12.3. The van der Waals surface area contributed by atoms with Gasteiger partial charge < -0.3 is 14.6 Å². The number of carbonyl (C=O) groups excluding carboxylic acids is 2. The molecule has 5 heteroatoms. The largest absolute Gasteiger partial charge is 0.462 e. The molecule has 0 aliphatic heterocycles. The highest BCUT2D eigenvalue weighted by Crippen LogP contribution is 2.16. The summed E-state index contributed by atoms with van der Waals surface area (Å²) in [5, 5.41) is 9.62. The van der Waals surface area contributed by atoms with Gasteiger partial charge in [0.2, 0.25) is 0 Å². The van der Waals surface area contributed by atoms with Crippen molar-refractivity contribution in [2.75, 3.05) is 13.2 Å². The van der Waals surface area contributed by atoms with Gasteiger partial charge in [-0.1, -0.05) is 242 Å². The minimum absolute atomic E-state index is 0.0731. The van der Waals surface area contributed by atoms with E-state index in [0.717, 1.165) is 89.9 Å². The number of ether oxygens (including phenoxy) is 2. The molecule has 0 fully saturated rings. The lowest BCUT2D eigenvalue weighted by atomic mass is 10.0. The van der Waals surface area contributed by atoms with E-state index in [1.165, 1.54) is 135 Å². The molecule has 0 aliphatic rings. The highest BCUT2D eigenvalue weighted by molar-refractivity contribution is 5.70. The van der Waals surface area contributed by atoms with E-state index in [1.807, 2.05) is 0 Å². The number of aliphatic hydroxyl groups is 1. The van der Waals surface area contributed by atoms with E-state index in [0.29, 0.717) is 12.8 Å². The lowest BCUT2D eigenvalue weighted by molar-refractivity contribution is -0.161. The number of aliphatic hydroxyl groups excluding tert-OH is 1. The molecule has 0 aliphatic carbocycles. The van der Waals surface area contributed by atoms with E-state index >= 15 is 0 Å². The van der Waals surface area contributed by atoms with Crippen LogP contribution in [0.15, 0.2) is 60.8 Å². The molecular formula is C54H96O5. The molecule has 0 aromatic carbocycles. The average Bonchev–Trinajstić information content (AvgIpc) is 3.24. The average molecular weight is 825 g/mol. The lowest BCUT2D eigenvalue weighted by Crippen LogP contribution is -2.28. The van der Waals surface area contributed by atoms with Crippen molar-refractivity contribution in [3.05, 3.63) is 60.8 Å². The van der Waals surface area contributed by atoms with Gasteiger partial charge in [0.1, 0.15) is 6.61 Å². The van der Waals surface area contributed by atoms with Crippen molar-refractivity contribution < 1.29 is 24.2 Å². The Morgan fingerprint density at radius 1 is 0.407 bits per heavy atom. The minimum Gasteiger partial charge on any atom is -0.462 e. The van der Waals surface area contributed by atoms with Crippen LogP contribution in [-0.2, 0) is 19.1 Å². The number of rotatable bonds is 46. The third-order valence-electron chi connectivity index (χ3n) is 11.1.